The first-order chi connectivity index (χ1) is 69.1. The second-order valence-electron chi connectivity index (χ2n) is 35.2. The third-order valence-electron chi connectivity index (χ3n) is 25.0. The third kappa shape index (κ3) is 18.8. The molecule has 8 amide bonds. The van der Waals surface area contributed by atoms with Gasteiger partial charge in [0, 0.05) is 178 Å². The van der Waals surface area contributed by atoms with Crippen LogP contribution in [-0.4, -0.2) is 241 Å². The molecule has 710 valence electrons. The highest BCUT2D eigenvalue weighted by molar-refractivity contribution is 6.10. The van der Waals surface area contributed by atoms with Crippen molar-refractivity contribution in [1.82, 2.24) is 140 Å². The number of anilines is 3. The smallest absolute Gasteiger partial charge is 0.321 e. The Hall–Kier alpha value is -18.4. The van der Waals surface area contributed by atoms with Crippen molar-refractivity contribution in [3.8, 4) is 90.6 Å². The predicted molar refractivity (Wildman–Crippen MR) is 537 cm³/mol. The zero-order valence-corrected chi connectivity index (χ0v) is 77.9. The number of H-pyrrole nitrogens is 8. The summed E-state index contributed by atoms with van der Waals surface area (Å²) in [5, 5.41) is 41.0. The number of hydrogen-bond donors (Lipinski definition) is 12. The number of amides is 8. The zero-order valence-electron chi connectivity index (χ0n) is 77.9. The SMILES string of the molecule is CC(C)C(=O)Nc1cncc(-c2cnc3n[nH]c(-c4nc5c(C(=O)N6CCCC6)cccc5[nH]4)c3c2)c1.CCC(=O)Cc1ccc(-c2cnc3n[nH]c(-c4nc5c(C(=O)N6CCCC6)cccc5[nH]4)c3c2)cn1.CCC(=O)Nc1cncc(-c2cnc3n[nH]c(-c4nc5c(C(=O)N6CCCC6)cccc5[nH]4)c3c2)c1.CN(C)C(=O)Nc1cncc(-c2cnc3n[nH]c(-c4nc5c(C(N)=O)cccc5[nH]4)c3c2)c1. The van der Waals surface area contributed by atoms with Gasteiger partial charge in [0.25, 0.3) is 23.6 Å². The van der Waals surface area contributed by atoms with E-state index in [1.807, 2.05) is 151 Å². The molecular weight excluding hydrogens is 1800 g/mol. The number of para-hydroxylation sites is 4. The summed E-state index contributed by atoms with van der Waals surface area (Å²) >= 11 is 0. The Labute approximate surface area is 807 Å². The molecule has 0 atom stereocenters. The van der Waals surface area contributed by atoms with E-state index in [-0.39, 0.29) is 47.3 Å². The summed E-state index contributed by atoms with van der Waals surface area (Å²) in [6.07, 6.45) is 26.0. The summed E-state index contributed by atoms with van der Waals surface area (Å²) in [5.74, 6) is 1.63. The standard InChI is InChI=1S/C27H26N8O2.C27H25N7O2.C26H24N8O2.C22H19N9O2/c1-15(2)26(36)30-18-10-16(12-28-14-18)17-11-20-23(33-34-24(20)29-13-17)25-31-21-7-5-6-19(22(21)32-25)27(37)35-8-3-4-9-35;1-2-19(35)13-18-9-8-16(14-28-18)17-12-21-24(32-33-25(21)29-15-17)26-30-22-7-5-6-20(23(22)31-26)27(36)34-10-3-4-11-34;1-2-21(35)29-17-10-15(12-27-14-17)16-11-19-23(32-33-24(19)28-13-16)25-30-20-7-5-6-18(22(20)31-25)26(36)34-8-3-4-9-34;1-31(2)22(33)26-13-6-11(8-24-10-13)12-7-15-18(29-30-20(15)25-9-12)21-27-16-5-3-4-14(19(23)32)17(16)28-21/h5-7,10-15H,3-4,8-9H2,1-2H3,(H,30,36)(H,31,32)(H,29,33,34);5-9,12,14-15H,2-4,10-11,13H2,1H3,(H,30,31)(H,29,32,33);5-7,10-14H,2-4,8-9H2,1H3,(H,29,35)(H,30,31)(H,28,32,33);3-10H,1-2H3,(H2,23,32)(H,26,33)(H,27,28)(H,25,29,30). The molecule has 0 unspecified atom stereocenters. The minimum Gasteiger partial charge on any atom is -0.366 e. The number of likely N-dealkylation sites (tertiary alicyclic amines) is 3. The van der Waals surface area contributed by atoms with Crippen molar-refractivity contribution in [3.63, 3.8) is 0 Å². The van der Waals surface area contributed by atoms with E-state index in [4.69, 9.17) is 20.7 Å². The monoisotopic (exact) mass is 1890 g/mol. The number of rotatable bonds is 20. The van der Waals surface area contributed by atoms with Crippen LogP contribution in [0.4, 0.5) is 21.9 Å². The summed E-state index contributed by atoms with van der Waals surface area (Å²) < 4.78 is 0. The number of nitrogens with one attached hydrogen (secondary N) is 11. The van der Waals surface area contributed by atoms with Crippen LogP contribution < -0.4 is 21.7 Å². The van der Waals surface area contributed by atoms with E-state index in [1.165, 1.54) is 4.90 Å². The fourth-order valence-electron chi connectivity index (χ4n) is 17.3. The van der Waals surface area contributed by atoms with Gasteiger partial charge in [-0.15, -0.1) is 0 Å². The first-order valence-electron chi connectivity index (χ1n) is 46.5. The largest absolute Gasteiger partial charge is 0.366 e. The third-order valence-corrected chi connectivity index (χ3v) is 25.0. The summed E-state index contributed by atoms with van der Waals surface area (Å²) in [4.78, 5) is 173. The molecule has 19 heterocycles. The molecule has 0 radical (unpaired) electrons. The lowest BCUT2D eigenvalue weighted by Crippen LogP contribution is -2.27. The Morgan fingerprint density at radius 3 is 1.02 bits per heavy atom. The number of aromatic nitrogens is 24. The van der Waals surface area contributed by atoms with Crippen molar-refractivity contribution in [2.75, 3.05) is 69.3 Å². The Bertz CT molecular complexity index is 8310. The van der Waals surface area contributed by atoms with Gasteiger partial charge in [0.15, 0.2) is 45.9 Å². The summed E-state index contributed by atoms with van der Waals surface area (Å²) in [7, 11) is 3.32. The average Bonchev–Trinajstić information content (AvgIpc) is 1.63. The van der Waals surface area contributed by atoms with Gasteiger partial charge in [-0.2, -0.15) is 20.4 Å². The highest BCUT2D eigenvalue weighted by atomic mass is 16.2. The maximum atomic E-state index is 13.1. The maximum Gasteiger partial charge on any atom is 0.321 e. The van der Waals surface area contributed by atoms with Gasteiger partial charge in [-0.25, -0.2) is 44.7 Å². The van der Waals surface area contributed by atoms with Crippen LogP contribution in [0.2, 0.25) is 0 Å². The van der Waals surface area contributed by atoms with Gasteiger partial charge in [-0.3, -0.25) is 73.9 Å². The molecule has 3 aliphatic heterocycles. The van der Waals surface area contributed by atoms with Crippen LogP contribution >= 0.6 is 0 Å². The van der Waals surface area contributed by atoms with Crippen LogP contribution in [0.25, 0.3) is 179 Å². The molecule has 13 N–H and O–H groups in total. The zero-order chi connectivity index (χ0) is 97.9. The number of ketones is 1. The van der Waals surface area contributed by atoms with E-state index < -0.39 is 5.91 Å². The summed E-state index contributed by atoms with van der Waals surface area (Å²) in [6, 6.07) is 39.0. The number of benzene rings is 4. The van der Waals surface area contributed by atoms with E-state index in [0.29, 0.717) is 155 Å². The lowest BCUT2D eigenvalue weighted by atomic mass is 10.1. The van der Waals surface area contributed by atoms with Gasteiger partial charge >= 0.3 is 6.03 Å². The van der Waals surface area contributed by atoms with E-state index in [9.17, 15) is 38.4 Å². The second-order valence-corrected chi connectivity index (χ2v) is 35.2. The molecule has 0 saturated carbocycles. The topological polar surface area (TPSA) is 544 Å². The molecule has 40 heteroatoms. The van der Waals surface area contributed by atoms with Crippen molar-refractivity contribution in [3.05, 3.63) is 224 Å². The number of imidazole rings is 4. The van der Waals surface area contributed by atoms with Crippen LogP contribution in [0.3, 0.4) is 0 Å². The van der Waals surface area contributed by atoms with Gasteiger partial charge in [0.05, 0.1) is 102 Å². The Balaban J connectivity index is 0.000000116. The minimum atomic E-state index is -0.550. The fourth-order valence-corrected chi connectivity index (χ4v) is 17.3. The lowest BCUT2D eigenvalue weighted by Gasteiger charge is -2.15. The van der Waals surface area contributed by atoms with Crippen LogP contribution in [0.5, 0.6) is 0 Å². The molecular formula is C102H94N32O8. The number of nitrogens with zero attached hydrogens (tertiary/aromatic N) is 20. The Morgan fingerprint density at radius 1 is 0.373 bits per heavy atom. The van der Waals surface area contributed by atoms with Crippen molar-refractivity contribution < 1.29 is 38.4 Å². The van der Waals surface area contributed by atoms with Gasteiger partial charge in [0.2, 0.25) is 11.8 Å². The molecule has 0 aliphatic carbocycles. The normalized spacial score (nSPS) is 13.0. The van der Waals surface area contributed by atoms with Gasteiger partial charge in [-0.1, -0.05) is 58.0 Å². The van der Waals surface area contributed by atoms with Crippen LogP contribution in [0, 0.1) is 5.92 Å². The number of pyridine rings is 8. The van der Waals surface area contributed by atoms with E-state index in [1.54, 1.807) is 101 Å². The highest BCUT2D eigenvalue weighted by Gasteiger charge is 2.30. The number of carbonyl (C=O) groups excluding carboxylic acids is 8. The van der Waals surface area contributed by atoms with Gasteiger partial charge < -0.3 is 61.2 Å². The molecule has 3 saturated heterocycles. The minimum absolute atomic E-state index is 0.0107. The molecule has 142 heavy (non-hydrogen) atoms. The molecule has 4 aromatic carbocycles. The molecule has 3 aliphatic rings. The molecule has 23 rings (SSSR count). The summed E-state index contributed by atoms with van der Waals surface area (Å²) in [5.41, 5.74) is 27.1. The van der Waals surface area contributed by atoms with E-state index >= 15 is 0 Å². The number of primary amides is 1. The molecule has 20 aromatic rings. The fraction of sp³-hybridized carbons (Fsp3) is 0.216. The highest BCUT2D eigenvalue weighted by Crippen LogP contribution is 2.38. The van der Waals surface area contributed by atoms with Crippen molar-refractivity contribution in [2.24, 2.45) is 11.7 Å². The Morgan fingerprint density at radius 2 is 0.697 bits per heavy atom. The number of nitrogens with two attached hydrogens (primary N) is 1. The Kier molecular flexibility index (Phi) is 25.3. The average molecular weight is 1900 g/mol. The van der Waals surface area contributed by atoms with Gasteiger partial charge in [0.1, 0.15) is 50.6 Å². The molecule has 16 aromatic heterocycles. The van der Waals surface area contributed by atoms with E-state index in [0.717, 1.165) is 166 Å². The van der Waals surface area contributed by atoms with Crippen molar-refractivity contribution in [2.45, 2.75) is 85.5 Å². The first kappa shape index (κ1) is 91.4. The number of fused-ring (bicyclic) bond motifs is 8. The first-order valence-corrected chi connectivity index (χ1v) is 46.5. The maximum absolute atomic E-state index is 13.1. The van der Waals surface area contributed by atoms with Crippen LogP contribution in [0.1, 0.15) is 126 Å². The van der Waals surface area contributed by atoms with E-state index in [2.05, 4.69) is 122 Å². The van der Waals surface area contributed by atoms with Crippen LogP contribution in [0.15, 0.2) is 196 Å². The second kappa shape index (κ2) is 39.4. The quantitative estimate of drug-likeness (QED) is 0.0337. The molecule has 40 nitrogen and oxygen atoms in total. The predicted octanol–water partition coefficient (Wildman–Crippen LogP) is 15.6. The lowest BCUT2D eigenvalue weighted by molar-refractivity contribution is -0.119. The van der Waals surface area contributed by atoms with Crippen LogP contribution in [-0.2, 0) is 20.8 Å². The molecule has 0 bridgehead atoms. The van der Waals surface area contributed by atoms with Crippen molar-refractivity contribution in [1.29, 1.82) is 0 Å². The van der Waals surface area contributed by atoms with Crippen molar-refractivity contribution >= 4 is 153 Å². The summed E-state index contributed by atoms with van der Waals surface area (Å²) in [6.45, 7) is 12.0. The molecule has 0 spiro atoms. The molecule has 3 fully saturated rings. The number of Topliss-reactive ketones (excluding diaryl/α,β-unsaturated/α-hetero) is 1. The van der Waals surface area contributed by atoms with Gasteiger partial charge in [-0.05, 0) is 136 Å². The number of urea groups is 1. The number of hydrogen-bond acceptors (Lipinski definition) is 24. The number of carbonyl (C=O) groups is 8. The number of aromatic amines is 8.